The van der Waals surface area contributed by atoms with Gasteiger partial charge in [0.2, 0.25) is 0 Å². The molecule has 0 saturated heterocycles. The van der Waals surface area contributed by atoms with Gasteiger partial charge in [-0.2, -0.15) is 0 Å². The molecule has 0 N–H and O–H groups in total. The van der Waals surface area contributed by atoms with Gasteiger partial charge in [0.25, 0.3) is 0 Å². The van der Waals surface area contributed by atoms with Crippen molar-refractivity contribution in [1.29, 1.82) is 0 Å². The van der Waals surface area contributed by atoms with Gasteiger partial charge < -0.3 is 0 Å². The molecule has 0 spiro atoms. The van der Waals surface area contributed by atoms with E-state index in [-0.39, 0.29) is 0 Å². The number of benzene rings is 1. The van der Waals surface area contributed by atoms with Crippen LogP contribution in [0.3, 0.4) is 0 Å². The van der Waals surface area contributed by atoms with E-state index in [1.165, 1.54) is 20.6 Å². The molecule has 2 aromatic rings. The van der Waals surface area contributed by atoms with E-state index in [1.54, 1.807) is 5.56 Å². The molecule has 0 fully saturated rings. The molecule has 82 valence electrons. The molecule has 3 rings (SSSR count). The van der Waals surface area contributed by atoms with Crippen molar-refractivity contribution in [3.8, 4) is 0 Å². The lowest BCUT2D eigenvalue weighted by Gasteiger charge is -2.08. The molecular formula is C13H12S3. The number of rotatable bonds is 3. The third kappa shape index (κ3) is 2.17. The number of thioether (sulfide) groups is 2. The third-order valence-electron chi connectivity index (χ3n) is 2.72. The van der Waals surface area contributed by atoms with Gasteiger partial charge in [-0.3, -0.25) is 0 Å². The molecule has 0 saturated carbocycles. The molecule has 0 aliphatic carbocycles. The van der Waals surface area contributed by atoms with Crippen molar-refractivity contribution >= 4 is 34.9 Å². The highest BCUT2D eigenvalue weighted by atomic mass is 32.2. The van der Waals surface area contributed by atoms with Crippen LogP contribution in [-0.4, -0.2) is 11.5 Å². The van der Waals surface area contributed by atoms with E-state index in [1.807, 2.05) is 34.9 Å². The van der Waals surface area contributed by atoms with Crippen LogP contribution >= 0.6 is 34.9 Å². The Bertz CT molecular complexity index is 462. The van der Waals surface area contributed by atoms with Crippen molar-refractivity contribution < 1.29 is 0 Å². The van der Waals surface area contributed by atoms with Crippen molar-refractivity contribution in [2.45, 2.75) is 15.0 Å². The van der Waals surface area contributed by atoms with Crippen LogP contribution in [0, 0.1) is 0 Å². The summed E-state index contributed by atoms with van der Waals surface area (Å²) in [7, 11) is 0. The minimum Gasteiger partial charge on any atom is -0.137 e. The van der Waals surface area contributed by atoms with Gasteiger partial charge in [0.15, 0.2) is 0 Å². The first-order valence-corrected chi connectivity index (χ1v) is 8.16. The molecule has 1 aliphatic heterocycles. The maximum Gasteiger partial charge on any atom is 0.0598 e. The highest BCUT2D eigenvalue weighted by Crippen LogP contribution is 2.42. The smallest absolute Gasteiger partial charge is 0.0598 e. The fourth-order valence-corrected chi connectivity index (χ4v) is 5.23. The maximum absolute atomic E-state index is 2.29. The van der Waals surface area contributed by atoms with Gasteiger partial charge in [-0.1, -0.05) is 24.3 Å². The third-order valence-corrected chi connectivity index (χ3v) is 6.27. The zero-order chi connectivity index (χ0) is 10.8. The fraction of sp³-hybridized carbons (Fsp3) is 0.231. The minimum atomic E-state index is 0.730. The Labute approximate surface area is 108 Å². The second-order valence-corrected chi connectivity index (χ2v) is 7.12. The first-order valence-electron chi connectivity index (χ1n) is 5.31. The Hall–Kier alpha value is -0.380. The molecule has 0 radical (unpaired) electrons. The van der Waals surface area contributed by atoms with E-state index in [9.17, 15) is 0 Å². The standard InChI is InChI=1S/C13H12S3/c1-2-5-12-11(4-1)10(8-15-12)9-16-13-6-3-7-14-13/h1-7,10H,8-9H2. The molecule has 1 unspecified atom stereocenters. The van der Waals surface area contributed by atoms with E-state index in [2.05, 4.69) is 41.8 Å². The van der Waals surface area contributed by atoms with Crippen LogP contribution in [0.4, 0.5) is 0 Å². The zero-order valence-electron chi connectivity index (χ0n) is 8.76. The predicted octanol–water partition coefficient (Wildman–Crippen LogP) is 4.73. The second kappa shape index (κ2) is 4.86. The highest BCUT2D eigenvalue weighted by molar-refractivity contribution is 8.01. The monoisotopic (exact) mass is 264 g/mol. The zero-order valence-corrected chi connectivity index (χ0v) is 11.2. The average Bonchev–Trinajstić information content (AvgIpc) is 2.96. The summed E-state index contributed by atoms with van der Waals surface area (Å²) in [5, 5.41) is 2.15. The van der Waals surface area contributed by atoms with Crippen LogP contribution in [0.15, 0.2) is 50.9 Å². The SMILES string of the molecule is c1csc(SCC2CSc3ccccc32)c1. The van der Waals surface area contributed by atoms with Crippen molar-refractivity contribution in [2.24, 2.45) is 0 Å². The molecule has 0 amide bonds. The van der Waals surface area contributed by atoms with Gasteiger partial charge in [0, 0.05) is 22.3 Å². The van der Waals surface area contributed by atoms with E-state index in [4.69, 9.17) is 0 Å². The Morgan fingerprint density at radius 2 is 2.12 bits per heavy atom. The predicted molar refractivity (Wildman–Crippen MR) is 75.0 cm³/mol. The summed E-state index contributed by atoms with van der Waals surface area (Å²) >= 11 is 5.84. The lowest BCUT2D eigenvalue weighted by Crippen LogP contribution is -1.99. The van der Waals surface area contributed by atoms with Crippen LogP contribution in [0.5, 0.6) is 0 Å². The summed E-state index contributed by atoms with van der Waals surface area (Å²) in [6, 6.07) is 13.2. The van der Waals surface area contributed by atoms with E-state index in [0.29, 0.717) is 0 Å². The van der Waals surface area contributed by atoms with Crippen LogP contribution in [0.1, 0.15) is 11.5 Å². The molecule has 16 heavy (non-hydrogen) atoms. The Kier molecular flexibility index (Phi) is 3.27. The van der Waals surface area contributed by atoms with Gasteiger partial charge >= 0.3 is 0 Å². The number of thiophene rings is 1. The summed E-state index contributed by atoms with van der Waals surface area (Å²) in [6.45, 7) is 0. The van der Waals surface area contributed by atoms with Crippen LogP contribution in [-0.2, 0) is 0 Å². The molecule has 1 aromatic heterocycles. The molecule has 2 heterocycles. The fourth-order valence-electron chi connectivity index (χ4n) is 1.90. The van der Waals surface area contributed by atoms with E-state index >= 15 is 0 Å². The minimum absolute atomic E-state index is 0.730. The first-order chi connectivity index (χ1) is 7.93. The first kappa shape index (κ1) is 10.8. The molecule has 3 heteroatoms. The molecule has 0 bridgehead atoms. The Morgan fingerprint density at radius 3 is 3.00 bits per heavy atom. The summed E-state index contributed by atoms with van der Waals surface area (Å²) in [5.74, 6) is 3.19. The molecule has 0 nitrogen and oxygen atoms in total. The normalized spacial score (nSPS) is 18.6. The van der Waals surface area contributed by atoms with Gasteiger partial charge in [-0.15, -0.1) is 34.9 Å². The van der Waals surface area contributed by atoms with E-state index < -0.39 is 0 Å². The van der Waals surface area contributed by atoms with Gasteiger partial charge in [-0.25, -0.2) is 0 Å². The van der Waals surface area contributed by atoms with Gasteiger partial charge in [0.05, 0.1) is 4.21 Å². The van der Waals surface area contributed by atoms with Crippen LogP contribution in [0.25, 0.3) is 0 Å². The Morgan fingerprint density at radius 1 is 1.19 bits per heavy atom. The topological polar surface area (TPSA) is 0 Å². The quantitative estimate of drug-likeness (QED) is 0.735. The largest absolute Gasteiger partial charge is 0.137 e. The van der Waals surface area contributed by atoms with Gasteiger partial charge in [0.1, 0.15) is 0 Å². The summed E-state index contributed by atoms with van der Waals surface area (Å²) in [5.41, 5.74) is 1.55. The number of hydrogen-bond acceptors (Lipinski definition) is 3. The molecule has 1 aromatic carbocycles. The molecule has 1 aliphatic rings. The lowest BCUT2D eigenvalue weighted by atomic mass is 10.0. The van der Waals surface area contributed by atoms with Crippen molar-refractivity contribution in [3.63, 3.8) is 0 Å². The maximum atomic E-state index is 2.29. The van der Waals surface area contributed by atoms with Crippen molar-refractivity contribution in [3.05, 3.63) is 47.3 Å². The summed E-state index contributed by atoms with van der Waals surface area (Å²) < 4.78 is 1.44. The average molecular weight is 264 g/mol. The second-order valence-electron chi connectivity index (χ2n) is 3.79. The highest BCUT2D eigenvalue weighted by Gasteiger charge is 2.22. The number of hydrogen-bond donors (Lipinski definition) is 0. The van der Waals surface area contributed by atoms with Gasteiger partial charge in [-0.05, 0) is 23.1 Å². The van der Waals surface area contributed by atoms with E-state index in [0.717, 1.165) is 5.92 Å². The molecule has 1 atom stereocenters. The van der Waals surface area contributed by atoms with Crippen molar-refractivity contribution in [1.82, 2.24) is 0 Å². The summed E-state index contributed by atoms with van der Waals surface area (Å²) in [4.78, 5) is 1.49. The molecular weight excluding hydrogens is 252 g/mol. The number of fused-ring (bicyclic) bond motifs is 1. The van der Waals surface area contributed by atoms with Crippen molar-refractivity contribution in [2.75, 3.05) is 11.5 Å². The lowest BCUT2D eigenvalue weighted by molar-refractivity contribution is 0.897. The van der Waals surface area contributed by atoms with Crippen LogP contribution < -0.4 is 0 Å². The van der Waals surface area contributed by atoms with Crippen LogP contribution in [0.2, 0.25) is 0 Å². The summed E-state index contributed by atoms with van der Waals surface area (Å²) in [6.07, 6.45) is 0. The Balaban J connectivity index is 1.69.